The summed E-state index contributed by atoms with van der Waals surface area (Å²) in [5, 5.41) is 2.95. The SMILES string of the molecule is CC(OC(=O)CC(=S)Nc1ccccn1)C1CCCCC1. The lowest BCUT2D eigenvalue weighted by Crippen LogP contribution is -2.27. The minimum Gasteiger partial charge on any atom is -0.462 e. The number of carbonyl (C=O) groups is 1. The summed E-state index contributed by atoms with van der Waals surface area (Å²) in [6.45, 7) is 1.99. The number of aromatic nitrogens is 1. The van der Waals surface area contributed by atoms with Gasteiger partial charge in [0, 0.05) is 6.20 Å². The number of nitrogens with zero attached hydrogens (tertiary/aromatic N) is 1. The molecule has 0 amide bonds. The fourth-order valence-corrected chi connectivity index (χ4v) is 2.93. The number of esters is 1. The van der Waals surface area contributed by atoms with Crippen LogP contribution in [0.5, 0.6) is 0 Å². The predicted molar refractivity (Wildman–Crippen MR) is 87.2 cm³/mol. The number of thiocarbonyl (C=S) groups is 1. The van der Waals surface area contributed by atoms with E-state index in [-0.39, 0.29) is 18.5 Å². The van der Waals surface area contributed by atoms with Crippen molar-refractivity contribution in [3.8, 4) is 0 Å². The van der Waals surface area contributed by atoms with Gasteiger partial charge in [-0.05, 0) is 37.8 Å². The first-order valence-corrected chi connectivity index (χ1v) is 7.96. The molecule has 0 aliphatic heterocycles. The maximum Gasteiger partial charge on any atom is 0.312 e. The van der Waals surface area contributed by atoms with Crippen molar-refractivity contribution in [2.24, 2.45) is 5.92 Å². The van der Waals surface area contributed by atoms with Crippen molar-refractivity contribution >= 4 is 29.0 Å². The molecule has 1 saturated carbocycles. The van der Waals surface area contributed by atoms with E-state index in [1.807, 2.05) is 25.1 Å². The molecule has 0 saturated heterocycles. The van der Waals surface area contributed by atoms with Crippen molar-refractivity contribution in [3.63, 3.8) is 0 Å². The molecule has 0 bridgehead atoms. The first-order valence-electron chi connectivity index (χ1n) is 7.55. The van der Waals surface area contributed by atoms with Crippen LogP contribution in [-0.2, 0) is 9.53 Å². The predicted octanol–water partition coefficient (Wildman–Crippen LogP) is 3.72. The lowest BCUT2D eigenvalue weighted by Gasteiger charge is -2.27. The third-order valence-electron chi connectivity index (χ3n) is 3.87. The zero-order valence-corrected chi connectivity index (χ0v) is 13.2. The van der Waals surface area contributed by atoms with Crippen molar-refractivity contribution in [2.75, 3.05) is 5.32 Å². The maximum atomic E-state index is 11.9. The highest BCUT2D eigenvalue weighted by molar-refractivity contribution is 7.80. The summed E-state index contributed by atoms with van der Waals surface area (Å²) < 4.78 is 5.51. The number of pyridine rings is 1. The molecule has 114 valence electrons. The van der Waals surface area contributed by atoms with Crippen molar-refractivity contribution in [2.45, 2.75) is 51.6 Å². The molecule has 1 unspecified atom stereocenters. The lowest BCUT2D eigenvalue weighted by atomic mass is 9.86. The monoisotopic (exact) mass is 306 g/mol. The molecule has 1 aliphatic carbocycles. The number of carbonyl (C=O) groups excluding carboxylic acids is 1. The molecule has 4 nitrogen and oxygen atoms in total. The minimum atomic E-state index is -0.262. The summed E-state index contributed by atoms with van der Waals surface area (Å²) in [4.78, 5) is 16.5. The van der Waals surface area contributed by atoms with Crippen LogP contribution in [0.25, 0.3) is 0 Å². The van der Waals surface area contributed by atoms with Crippen LogP contribution in [0.15, 0.2) is 24.4 Å². The van der Waals surface area contributed by atoms with Crippen LogP contribution in [0.1, 0.15) is 45.4 Å². The Morgan fingerprint density at radius 2 is 2.19 bits per heavy atom. The topological polar surface area (TPSA) is 51.2 Å². The summed E-state index contributed by atoms with van der Waals surface area (Å²) in [7, 11) is 0. The lowest BCUT2D eigenvalue weighted by molar-refractivity contribution is -0.149. The summed E-state index contributed by atoms with van der Waals surface area (Å²) in [5.41, 5.74) is 0. The largest absolute Gasteiger partial charge is 0.462 e. The highest BCUT2D eigenvalue weighted by Gasteiger charge is 2.23. The summed E-state index contributed by atoms with van der Waals surface area (Å²) in [5.74, 6) is 0.886. The smallest absolute Gasteiger partial charge is 0.312 e. The van der Waals surface area contributed by atoms with E-state index in [0.717, 1.165) is 12.8 Å². The Hall–Kier alpha value is -1.49. The van der Waals surface area contributed by atoms with E-state index < -0.39 is 0 Å². The van der Waals surface area contributed by atoms with Crippen LogP contribution < -0.4 is 5.32 Å². The Kier molecular flexibility index (Phi) is 6.11. The van der Waals surface area contributed by atoms with Gasteiger partial charge in [0.2, 0.25) is 0 Å². The number of hydrogen-bond donors (Lipinski definition) is 1. The third kappa shape index (κ3) is 5.42. The Labute approximate surface area is 131 Å². The van der Waals surface area contributed by atoms with E-state index in [9.17, 15) is 4.79 Å². The van der Waals surface area contributed by atoms with Crippen LogP contribution in [0.2, 0.25) is 0 Å². The van der Waals surface area contributed by atoms with Crippen molar-refractivity contribution in [1.82, 2.24) is 4.98 Å². The number of hydrogen-bond acceptors (Lipinski definition) is 4. The Morgan fingerprint density at radius 1 is 1.43 bits per heavy atom. The van der Waals surface area contributed by atoms with Crippen LogP contribution in [0, 0.1) is 5.92 Å². The van der Waals surface area contributed by atoms with Gasteiger partial charge in [-0.3, -0.25) is 4.79 Å². The number of anilines is 1. The van der Waals surface area contributed by atoms with Crippen LogP contribution in [0.4, 0.5) is 5.82 Å². The molecule has 2 rings (SSSR count). The quantitative estimate of drug-likeness (QED) is 0.663. The molecule has 1 aromatic rings. The first-order chi connectivity index (χ1) is 10.1. The zero-order chi connectivity index (χ0) is 15.1. The van der Waals surface area contributed by atoms with Gasteiger partial charge in [0.25, 0.3) is 0 Å². The van der Waals surface area contributed by atoms with Crippen molar-refractivity contribution in [1.29, 1.82) is 0 Å². The van der Waals surface area contributed by atoms with E-state index in [1.54, 1.807) is 6.20 Å². The van der Waals surface area contributed by atoms with Gasteiger partial charge in [-0.1, -0.05) is 37.5 Å². The Bertz CT molecular complexity index is 472. The molecule has 1 aliphatic rings. The molecule has 0 spiro atoms. The molecule has 0 aromatic carbocycles. The summed E-state index contributed by atoms with van der Waals surface area (Å²) in [6, 6.07) is 5.50. The Balaban J connectivity index is 1.74. The molecule has 1 atom stereocenters. The van der Waals surface area contributed by atoms with Crippen LogP contribution >= 0.6 is 12.2 Å². The first kappa shape index (κ1) is 15.9. The second-order valence-corrected chi connectivity index (χ2v) is 6.03. The van der Waals surface area contributed by atoms with Gasteiger partial charge in [-0.25, -0.2) is 4.98 Å². The van der Waals surface area contributed by atoms with Crippen molar-refractivity contribution < 1.29 is 9.53 Å². The van der Waals surface area contributed by atoms with E-state index >= 15 is 0 Å². The van der Waals surface area contributed by atoms with Gasteiger partial charge in [0.1, 0.15) is 11.9 Å². The highest BCUT2D eigenvalue weighted by Crippen LogP contribution is 2.27. The van der Waals surface area contributed by atoms with Crippen LogP contribution in [-0.4, -0.2) is 22.0 Å². The van der Waals surface area contributed by atoms with E-state index in [1.165, 1.54) is 19.3 Å². The van der Waals surface area contributed by atoms with E-state index in [4.69, 9.17) is 17.0 Å². The average Bonchev–Trinajstić information content (AvgIpc) is 2.48. The van der Waals surface area contributed by atoms with Crippen LogP contribution in [0.3, 0.4) is 0 Å². The fourth-order valence-electron chi connectivity index (χ4n) is 2.70. The molecule has 5 heteroatoms. The molecular formula is C16H22N2O2S. The van der Waals surface area contributed by atoms with Gasteiger partial charge in [-0.2, -0.15) is 0 Å². The van der Waals surface area contributed by atoms with Gasteiger partial charge in [0.05, 0.1) is 11.4 Å². The molecule has 21 heavy (non-hydrogen) atoms. The summed E-state index contributed by atoms with van der Waals surface area (Å²) in [6.07, 6.45) is 7.86. The third-order valence-corrected chi connectivity index (χ3v) is 4.11. The van der Waals surface area contributed by atoms with Gasteiger partial charge < -0.3 is 10.1 Å². The number of rotatable bonds is 5. The molecule has 1 fully saturated rings. The standard InChI is InChI=1S/C16H22N2O2S/c1-12(13-7-3-2-4-8-13)20-16(19)11-15(21)18-14-9-5-6-10-17-14/h5-6,9-10,12-13H,2-4,7-8,11H2,1H3,(H,17,18,21). The maximum absolute atomic E-state index is 11.9. The molecule has 1 heterocycles. The Morgan fingerprint density at radius 3 is 2.86 bits per heavy atom. The molecule has 1 N–H and O–H groups in total. The van der Waals surface area contributed by atoms with E-state index in [2.05, 4.69) is 10.3 Å². The molecule has 0 radical (unpaired) electrons. The normalized spacial score (nSPS) is 17.0. The average molecular weight is 306 g/mol. The van der Waals surface area contributed by atoms with Gasteiger partial charge in [0.15, 0.2) is 0 Å². The fraction of sp³-hybridized carbons (Fsp3) is 0.562. The minimum absolute atomic E-state index is 0.0181. The van der Waals surface area contributed by atoms with Gasteiger partial charge in [-0.15, -0.1) is 0 Å². The van der Waals surface area contributed by atoms with Gasteiger partial charge >= 0.3 is 5.97 Å². The zero-order valence-electron chi connectivity index (χ0n) is 12.4. The highest BCUT2D eigenvalue weighted by atomic mass is 32.1. The second-order valence-electron chi connectivity index (χ2n) is 5.53. The second kappa shape index (κ2) is 8.08. The van der Waals surface area contributed by atoms with Crippen molar-refractivity contribution in [3.05, 3.63) is 24.4 Å². The number of nitrogens with one attached hydrogen (secondary N) is 1. The molecular weight excluding hydrogens is 284 g/mol. The van der Waals surface area contributed by atoms with E-state index in [0.29, 0.717) is 16.7 Å². The summed E-state index contributed by atoms with van der Waals surface area (Å²) >= 11 is 5.17. The number of ether oxygens (including phenoxy) is 1. The molecule has 1 aromatic heterocycles.